The molecule has 0 spiro atoms. The van der Waals surface area contributed by atoms with Gasteiger partial charge < -0.3 is 24.8 Å². The molecule has 13 heteroatoms. The third kappa shape index (κ3) is 7.16. The van der Waals surface area contributed by atoms with Crippen molar-refractivity contribution in [3.05, 3.63) is 64.1 Å². The molecule has 270 valence electrons. The Labute approximate surface area is 294 Å². The zero-order valence-corrected chi connectivity index (χ0v) is 28.9. The summed E-state index contributed by atoms with van der Waals surface area (Å²) in [4.78, 5) is 39.5. The summed E-state index contributed by atoms with van der Waals surface area (Å²) in [6.07, 6.45) is 8.05. The number of morpholine rings is 1. The number of hydrogen-bond donors (Lipinski definition) is 3. The number of piperidine rings is 1. The van der Waals surface area contributed by atoms with Gasteiger partial charge in [0, 0.05) is 43.4 Å². The van der Waals surface area contributed by atoms with E-state index in [2.05, 4.69) is 30.5 Å². The molecule has 3 N–H and O–H groups in total. The smallest absolute Gasteiger partial charge is 0.407 e. The third-order valence-corrected chi connectivity index (χ3v) is 11.0. The van der Waals surface area contributed by atoms with E-state index in [1.165, 1.54) is 12.3 Å². The summed E-state index contributed by atoms with van der Waals surface area (Å²) in [6, 6.07) is 8.26. The van der Waals surface area contributed by atoms with Crippen molar-refractivity contribution >= 4 is 27.8 Å². The first-order valence-electron chi connectivity index (χ1n) is 18.1. The van der Waals surface area contributed by atoms with Gasteiger partial charge in [-0.2, -0.15) is 4.98 Å². The highest BCUT2D eigenvalue weighted by Crippen LogP contribution is 2.47. The number of benzene rings is 2. The molecule has 0 radical (unpaired) electrons. The fourth-order valence-corrected chi connectivity index (χ4v) is 8.08. The average molecular weight is 703 g/mol. The molecular formula is C38H44F2N6O5. The molecule has 2 aromatic heterocycles. The molecule has 11 nitrogen and oxygen atoms in total. The number of rotatable bonds is 11. The number of carbonyl (C=O) groups excluding carboxylic acids is 1. The number of nitrogens with one attached hydrogen (secondary N) is 3. The maximum Gasteiger partial charge on any atom is 0.407 e. The second kappa shape index (κ2) is 13.7. The Morgan fingerprint density at radius 2 is 1.96 bits per heavy atom. The van der Waals surface area contributed by atoms with Crippen LogP contribution in [0.3, 0.4) is 0 Å². The van der Waals surface area contributed by atoms with Crippen LogP contribution in [0.25, 0.3) is 32.9 Å². The van der Waals surface area contributed by atoms with Crippen molar-refractivity contribution in [1.82, 2.24) is 30.5 Å². The zero-order chi connectivity index (χ0) is 35.2. The van der Waals surface area contributed by atoms with Crippen molar-refractivity contribution in [2.45, 2.75) is 76.0 Å². The molecule has 5 heterocycles. The van der Waals surface area contributed by atoms with Crippen LogP contribution in [0.5, 0.6) is 6.01 Å². The molecule has 1 aliphatic carbocycles. The van der Waals surface area contributed by atoms with Gasteiger partial charge in [0.25, 0.3) is 11.6 Å². The minimum absolute atomic E-state index is 0.00606. The monoisotopic (exact) mass is 702 g/mol. The lowest BCUT2D eigenvalue weighted by molar-refractivity contribution is -0.0460. The molecule has 3 saturated heterocycles. The summed E-state index contributed by atoms with van der Waals surface area (Å²) < 4.78 is 49.4. The lowest BCUT2D eigenvalue weighted by Crippen LogP contribution is -2.55. The zero-order valence-electron chi connectivity index (χ0n) is 28.9. The largest absolute Gasteiger partial charge is 0.464 e. The number of amides is 1. The molecule has 2 bridgehead atoms. The predicted molar refractivity (Wildman–Crippen MR) is 188 cm³/mol. The molecule has 1 amide bonds. The van der Waals surface area contributed by atoms with Crippen molar-refractivity contribution in [2.75, 3.05) is 45.9 Å². The average Bonchev–Trinajstić information content (AvgIpc) is 3.79. The molecule has 4 aromatic rings. The number of halogens is 2. The number of H-pyrrole nitrogens is 1. The number of likely N-dealkylation sites (tertiary alicyclic amines) is 1. The number of aromatic nitrogens is 3. The molecule has 3 atom stereocenters. The van der Waals surface area contributed by atoms with Gasteiger partial charge in [0.2, 0.25) is 0 Å². The van der Waals surface area contributed by atoms with Crippen LogP contribution in [-0.2, 0) is 15.9 Å². The minimum atomic E-state index is -0.790. The summed E-state index contributed by atoms with van der Waals surface area (Å²) in [5, 5.41) is 7.42. The number of nitrogens with zero attached hydrogens (tertiary/aromatic N) is 3. The van der Waals surface area contributed by atoms with Crippen molar-refractivity contribution in [3.8, 4) is 17.3 Å². The van der Waals surface area contributed by atoms with Crippen LogP contribution in [0, 0.1) is 17.0 Å². The first kappa shape index (κ1) is 33.9. The van der Waals surface area contributed by atoms with Gasteiger partial charge in [0.05, 0.1) is 36.3 Å². The minimum Gasteiger partial charge on any atom is -0.464 e. The standard InChI is InChI=1S/C38H44F2N6O5/c1-37(12-4-15-41-20-37)45-36(48)49-16-3-7-26-29(39)11-8-23-5-2-6-27(30(23)26)32-31(40)33-28(17-42-32)34(47)44-35(43-33)50-22-38(13-14-38)21-46-18-24-9-10-25(19-46)51-24/h2,5-6,8,11,17,24-25,41H,3-4,7,9-10,12-16,18-22H2,1H3,(H,45,48)(H,43,44,47). The van der Waals surface area contributed by atoms with E-state index in [-0.39, 0.29) is 46.6 Å². The Morgan fingerprint density at radius 1 is 1.14 bits per heavy atom. The quantitative estimate of drug-likeness (QED) is 0.180. The number of ether oxygens (including phenoxy) is 3. The Hall–Kier alpha value is -4.20. The Morgan fingerprint density at radius 3 is 2.73 bits per heavy atom. The van der Waals surface area contributed by atoms with Crippen molar-refractivity contribution in [1.29, 1.82) is 0 Å². The molecule has 4 fully saturated rings. The van der Waals surface area contributed by atoms with Gasteiger partial charge in [-0.1, -0.05) is 24.3 Å². The van der Waals surface area contributed by atoms with Gasteiger partial charge in [0.15, 0.2) is 5.82 Å². The molecular weight excluding hydrogens is 658 g/mol. The number of hydrogen-bond acceptors (Lipinski definition) is 9. The molecule has 3 aliphatic heterocycles. The Kier molecular flexibility index (Phi) is 9.14. The highest BCUT2D eigenvalue weighted by atomic mass is 19.1. The van der Waals surface area contributed by atoms with Crippen LogP contribution in [0.15, 0.2) is 41.3 Å². The van der Waals surface area contributed by atoms with Crippen LogP contribution in [0.1, 0.15) is 57.4 Å². The first-order valence-corrected chi connectivity index (χ1v) is 18.1. The number of pyridine rings is 1. The number of aromatic amines is 1. The molecule has 8 rings (SSSR count). The van der Waals surface area contributed by atoms with Gasteiger partial charge in [0.1, 0.15) is 17.0 Å². The summed E-state index contributed by atoms with van der Waals surface area (Å²) in [5.74, 6) is -1.24. The predicted octanol–water partition coefficient (Wildman–Crippen LogP) is 5.24. The fraction of sp³-hybridized carbons (Fsp3) is 0.526. The number of carbonyl (C=O) groups is 1. The SMILES string of the molecule is CC1(NC(=O)OCCCc2c(F)ccc3cccc(-c4ncc5c(=O)[nH]c(OCC6(CN7CC8CCC(C7)O8)CC6)nc5c4F)c23)CCCNC1. The third-order valence-electron chi connectivity index (χ3n) is 11.0. The molecule has 51 heavy (non-hydrogen) atoms. The van der Waals surface area contributed by atoms with Crippen molar-refractivity contribution < 1.29 is 27.8 Å². The van der Waals surface area contributed by atoms with Crippen LogP contribution in [-0.4, -0.2) is 89.6 Å². The van der Waals surface area contributed by atoms with Crippen molar-refractivity contribution in [2.24, 2.45) is 5.41 Å². The van der Waals surface area contributed by atoms with Crippen molar-refractivity contribution in [3.63, 3.8) is 0 Å². The Balaban J connectivity index is 1.00. The maximum absolute atomic E-state index is 16.5. The van der Waals surface area contributed by atoms with E-state index in [9.17, 15) is 9.59 Å². The van der Waals surface area contributed by atoms with E-state index < -0.39 is 23.3 Å². The normalized spacial score (nSPS) is 24.1. The highest BCUT2D eigenvalue weighted by Gasteiger charge is 2.47. The number of fused-ring (bicyclic) bond motifs is 4. The molecule has 3 unspecified atom stereocenters. The highest BCUT2D eigenvalue weighted by molar-refractivity contribution is 5.99. The Bertz CT molecular complexity index is 2000. The van der Waals surface area contributed by atoms with E-state index in [1.807, 2.05) is 13.0 Å². The maximum atomic E-state index is 16.5. The summed E-state index contributed by atoms with van der Waals surface area (Å²) in [7, 11) is 0. The summed E-state index contributed by atoms with van der Waals surface area (Å²) >= 11 is 0. The topological polar surface area (TPSA) is 131 Å². The summed E-state index contributed by atoms with van der Waals surface area (Å²) in [6.45, 7) is 6.75. The molecule has 4 aliphatic rings. The van der Waals surface area contributed by atoms with E-state index in [0.29, 0.717) is 53.7 Å². The lowest BCUT2D eigenvalue weighted by Gasteiger charge is -2.34. The molecule has 1 saturated carbocycles. The van der Waals surface area contributed by atoms with Gasteiger partial charge in [-0.05, 0) is 87.2 Å². The van der Waals surface area contributed by atoms with Gasteiger partial charge in [-0.3, -0.25) is 19.7 Å². The summed E-state index contributed by atoms with van der Waals surface area (Å²) in [5.41, 5.74) is -0.432. The second-order valence-electron chi connectivity index (χ2n) is 15.1. The van der Waals surface area contributed by atoms with Crippen LogP contribution >= 0.6 is 0 Å². The van der Waals surface area contributed by atoms with Crippen LogP contribution < -0.4 is 20.9 Å². The van der Waals surface area contributed by atoms with Gasteiger partial charge >= 0.3 is 6.09 Å². The van der Waals surface area contributed by atoms with E-state index in [4.69, 9.17) is 14.2 Å². The van der Waals surface area contributed by atoms with E-state index in [0.717, 1.165) is 64.7 Å². The van der Waals surface area contributed by atoms with Gasteiger partial charge in [-0.15, -0.1) is 0 Å². The van der Waals surface area contributed by atoms with Crippen LogP contribution in [0.4, 0.5) is 13.6 Å². The van der Waals surface area contributed by atoms with Crippen LogP contribution in [0.2, 0.25) is 0 Å². The van der Waals surface area contributed by atoms with Gasteiger partial charge in [-0.25, -0.2) is 13.6 Å². The number of alkyl carbamates (subject to hydrolysis) is 1. The van der Waals surface area contributed by atoms with E-state index in [1.54, 1.807) is 18.2 Å². The molecule has 2 aromatic carbocycles. The number of aryl methyl sites for hydroxylation is 1. The lowest BCUT2D eigenvalue weighted by atomic mass is 9.93. The first-order chi connectivity index (χ1) is 24.7. The van der Waals surface area contributed by atoms with E-state index >= 15 is 8.78 Å². The fourth-order valence-electron chi connectivity index (χ4n) is 8.08. The second-order valence-corrected chi connectivity index (χ2v) is 15.1.